The molecule has 4 rings (SSSR count). The van der Waals surface area contributed by atoms with Crippen molar-refractivity contribution >= 4 is 27.7 Å². The highest BCUT2D eigenvalue weighted by Gasteiger charge is 2.21. The Labute approximate surface area is 169 Å². The lowest BCUT2D eigenvalue weighted by Crippen LogP contribution is -2.32. The normalized spacial score (nSPS) is 14.3. The lowest BCUT2D eigenvalue weighted by atomic mass is 10.0. The van der Waals surface area contributed by atoms with Crippen LogP contribution < -0.4 is 4.90 Å². The van der Waals surface area contributed by atoms with E-state index in [4.69, 9.17) is 21.7 Å². The van der Waals surface area contributed by atoms with Gasteiger partial charge in [0.25, 0.3) is 0 Å². The fraction of sp³-hybridized carbons (Fsp3) is 0.368. The van der Waals surface area contributed by atoms with Crippen LogP contribution in [0.2, 0.25) is 0 Å². The third kappa shape index (κ3) is 3.40. The number of fused-ring (bicyclic) bond motifs is 1. The molecular weight excluding hydrogens is 396 g/mol. The average molecular weight is 419 g/mol. The average Bonchev–Trinajstić information content (AvgIpc) is 3.29. The molecule has 0 radical (unpaired) electrons. The van der Waals surface area contributed by atoms with Gasteiger partial charge in [0.1, 0.15) is 6.67 Å². The number of furan rings is 1. The highest BCUT2D eigenvalue weighted by molar-refractivity contribution is 7.90. The molecule has 0 spiro atoms. The third-order valence-electron chi connectivity index (χ3n) is 4.98. The topological polar surface area (TPSA) is 73.3 Å². The van der Waals surface area contributed by atoms with Crippen molar-refractivity contribution in [1.82, 2.24) is 14.3 Å². The maximum atomic E-state index is 11.9. The van der Waals surface area contributed by atoms with Crippen LogP contribution in [-0.2, 0) is 29.5 Å². The van der Waals surface area contributed by atoms with Gasteiger partial charge in [-0.05, 0) is 67.9 Å². The predicted molar refractivity (Wildman–Crippen MR) is 110 cm³/mol. The Morgan fingerprint density at radius 2 is 2.11 bits per heavy atom. The van der Waals surface area contributed by atoms with Crippen LogP contribution in [0.4, 0.5) is 5.69 Å². The maximum absolute atomic E-state index is 11.9. The summed E-state index contributed by atoms with van der Waals surface area (Å²) in [6.07, 6.45) is 4.68. The second kappa shape index (κ2) is 7.21. The first-order valence-electron chi connectivity index (χ1n) is 9.18. The van der Waals surface area contributed by atoms with Crippen molar-refractivity contribution in [3.05, 3.63) is 46.9 Å². The van der Waals surface area contributed by atoms with Crippen molar-refractivity contribution in [1.29, 1.82) is 0 Å². The lowest BCUT2D eigenvalue weighted by Gasteiger charge is -2.31. The molecule has 0 saturated carbocycles. The van der Waals surface area contributed by atoms with Crippen molar-refractivity contribution in [2.45, 2.75) is 37.9 Å². The van der Waals surface area contributed by atoms with E-state index in [0.29, 0.717) is 34.5 Å². The van der Waals surface area contributed by atoms with Gasteiger partial charge < -0.3 is 9.32 Å². The van der Waals surface area contributed by atoms with Crippen LogP contribution >= 0.6 is 12.2 Å². The summed E-state index contributed by atoms with van der Waals surface area (Å²) in [5.41, 5.74) is 2.08. The van der Waals surface area contributed by atoms with E-state index < -0.39 is 9.84 Å². The molecule has 7 nitrogen and oxygen atoms in total. The molecule has 2 aromatic heterocycles. The fourth-order valence-electron chi connectivity index (χ4n) is 3.60. The van der Waals surface area contributed by atoms with Gasteiger partial charge in [-0.15, -0.1) is 5.10 Å². The largest absolute Gasteiger partial charge is 0.461 e. The van der Waals surface area contributed by atoms with Gasteiger partial charge >= 0.3 is 0 Å². The number of benzene rings is 1. The second-order valence-corrected chi connectivity index (χ2v) is 9.28. The minimum absolute atomic E-state index is 0.361. The molecule has 3 heterocycles. The van der Waals surface area contributed by atoms with Gasteiger partial charge in [-0.25, -0.2) is 13.1 Å². The quantitative estimate of drug-likeness (QED) is 0.591. The summed E-state index contributed by atoms with van der Waals surface area (Å²) in [7, 11) is -3.22. The summed E-state index contributed by atoms with van der Waals surface area (Å²) in [6.45, 7) is 4.09. The molecule has 0 amide bonds. The fourth-order valence-corrected chi connectivity index (χ4v) is 4.58. The summed E-state index contributed by atoms with van der Waals surface area (Å²) in [4.78, 5) is 2.56. The van der Waals surface area contributed by atoms with Crippen LogP contribution in [0.3, 0.4) is 0 Å². The standard InChI is InChI=1S/C19H22N4O3S2/c1-3-22-18(17-7-5-11-26-17)20-23(19(22)27)13-21-10-4-6-14-12-15(28(2,24)25)8-9-16(14)21/h5,7-9,11-12H,3-4,6,10,13H2,1-2H3. The van der Waals surface area contributed by atoms with E-state index >= 15 is 0 Å². The number of hydrogen-bond donors (Lipinski definition) is 0. The Balaban J connectivity index is 1.69. The molecular formula is C19H22N4O3S2. The minimum Gasteiger partial charge on any atom is -0.461 e. The van der Waals surface area contributed by atoms with Crippen molar-refractivity contribution in [3.63, 3.8) is 0 Å². The Hall–Kier alpha value is -2.39. The van der Waals surface area contributed by atoms with Crippen molar-refractivity contribution < 1.29 is 12.8 Å². The molecule has 148 valence electrons. The molecule has 1 aromatic carbocycles. The van der Waals surface area contributed by atoms with Crippen molar-refractivity contribution in [2.75, 3.05) is 17.7 Å². The van der Waals surface area contributed by atoms with Crippen LogP contribution in [-0.4, -0.2) is 35.6 Å². The lowest BCUT2D eigenvalue weighted by molar-refractivity contribution is 0.539. The van der Waals surface area contributed by atoms with Gasteiger partial charge in [0.15, 0.2) is 26.2 Å². The van der Waals surface area contributed by atoms with Gasteiger partial charge in [-0.1, -0.05) is 0 Å². The molecule has 0 saturated heterocycles. The first-order chi connectivity index (χ1) is 13.4. The van der Waals surface area contributed by atoms with Gasteiger partial charge in [0.2, 0.25) is 0 Å². The summed E-state index contributed by atoms with van der Waals surface area (Å²) in [5.74, 6) is 1.39. The summed E-state index contributed by atoms with van der Waals surface area (Å²) in [6, 6.07) is 9.05. The number of hydrogen-bond acceptors (Lipinski definition) is 6. The molecule has 0 fully saturated rings. The highest BCUT2D eigenvalue weighted by atomic mass is 32.2. The van der Waals surface area contributed by atoms with E-state index in [1.54, 1.807) is 23.1 Å². The second-order valence-electron chi connectivity index (χ2n) is 6.90. The SMILES string of the molecule is CCn1c(-c2ccco2)nn(CN2CCCc3cc(S(C)(=O)=O)ccc32)c1=S. The zero-order chi connectivity index (χ0) is 19.9. The molecule has 1 aliphatic rings. The number of aromatic nitrogens is 3. The summed E-state index contributed by atoms with van der Waals surface area (Å²) >= 11 is 5.64. The Morgan fingerprint density at radius 3 is 2.79 bits per heavy atom. The zero-order valence-corrected chi connectivity index (χ0v) is 17.5. The Morgan fingerprint density at radius 1 is 1.29 bits per heavy atom. The minimum atomic E-state index is -3.22. The van der Waals surface area contributed by atoms with Gasteiger partial charge in [-0.3, -0.25) is 4.57 Å². The smallest absolute Gasteiger partial charge is 0.199 e. The van der Waals surface area contributed by atoms with Crippen LogP contribution in [0.5, 0.6) is 0 Å². The molecule has 0 aliphatic carbocycles. The molecule has 0 bridgehead atoms. The number of aryl methyl sites for hydroxylation is 1. The summed E-state index contributed by atoms with van der Waals surface area (Å²) < 4.78 is 33.6. The number of rotatable bonds is 5. The van der Waals surface area contributed by atoms with Crippen molar-refractivity contribution in [2.24, 2.45) is 0 Å². The third-order valence-corrected chi connectivity index (χ3v) is 6.52. The Kier molecular flexibility index (Phi) is 4.88. The van der Waals surface area contributed by atoms with Crippen LogP contribution in [0, 0.1) is 4.77 Å². The number of anilines is 1. The van der Waals surface area contributed by atoms with Gasteiger partial charge in [0, 0.05) is 25.0 Å². The number of sulfone groups is 1. The zero-order valence-electron chi connectivity index (χ0n) is 15.8. The molecule has 1 aliphatic heterocycles. The molecule has 28 heavy (non-hydrogen) atoms. The molecule has 0 N–H and O–H groups in total. The Bertz CT molecular complexity index is 1160. The van der Waals surface area contributed by atoms with Gasteiger partial charge in [0.05, 0.1) is 11.2 Å². The molecule has 9 heteroatoms. The maximum Gasteiger partial charge on any atom is 0.199 e. The van der Waals surface area contributed by atoms with E-state index in [0.717, 1.165) is 30.6 Å². The monoisotopic (exact) mass is 418 g/mol. The van der Waals surface area contributed by atoms with E-state index in [1.165, 1.54) is 6.26 Å². The van der Waals surface area contributed by atoms with E-state index in [9.17, 15) is 8.42 Å². The molecule has 3 aromatic rings. The highest BCUT2D eigenvalue weighted by Crippen LogP contribution is 2.30. The summed E-state index contributed by atoms with van der Waals surface area (Å²) in [5, 5.41) is 4.69. The van der Waals surface area contributed by atoms with Crippen LogP contribution in [0.25, 0.3) is 11.6 Å². The van der Waals surface area contributed by atoms with Gasteiger partial charge in [-0.2, -0.15) is 0 Å². The predicted octanol–water partition coefficient (Wildman–Crippen LogP) is 3.51. The van der Waals surface area contributed by atoms with Crippen molar-refractivity contribution in [3.8, 4) is 11.6 Å². The molecule has 0 unspecified atom stereocenters. The number of nitrogens with zero attached hydrogens (tertiary/aromatic N) is 4. The first-order valence-corrected chi connectivity index (χ1v) is 11.5. The first kappa shape index (κ1) is 18.9. The van der Waals surface area contributed by atoms with Crippen LogP contribution in [0.1, 0.15) is 18.9 Å². The van der Waals surface area contributed by atoms with E-state index in [1.807, 2.05) is 29.7 Å². The van der Waals surface area contributed by atoms with E-state index in [2.05, 4.69) is 4.90 Å². The van der Waals surface area contributed by atoms with E-state index in [-0.39, 0.29) is 0 Å². The molecule has 0 atom stereocenters. The van der Waals surface area contributed by atoms with Crippen LogP contribution in [0.15, 0.2) is 45.9 Å².